The van der Waals surface area contributed by atoms with E-state index in [1.807, 2.05) is 18.2 Å². The molecule has 2 aromatic rings. The van der Waals surface area contributed by atoms with Crippen molar-refractivity contribution in [3.05, 3.63) is 94.8 Å². The molecule has 9 heteroatoms. The summed E-state index contributed by atoms with van der Waals surface area (Å²) in [6, 6.07) is 18.4. The summed E-state index contributed by atoms with van der Waals surface area (Å²) in [7, 11) is 0. The Balaban J connectivity index is 1.38. The van der Waals surface area contributed by atoms with Gasteiger partial charge in [-0.3, -0.25) is 14.6 Å². The quantitative estimate of drug-likeness (QED) is 0.367. The average Bonchev–Trinajstić information content (AvgIpc) is 3.24. The summed E-state index contributed by atoms with van der Waals surface area (Å²) in [6.07, 6.45) is 6.68. The van der Waals surface area contributed by atoms with Gasteiger partial charge >= 0.3 is 0 Å². The number of hydrogen-bond donors (Lipinski definition) is 2. The summed E-state index contributed by atoms with van der Waals surface area (Å²) in [6.45, 7) is 4.33. The normalized spacial score (nSPS) is 20.8. The van der Waals surface area contributed by atoms with E-state index in [2.05, 4.69) is 85.1 Å². The molecule has 0 saturated carbocycles. The second-order valence-electron chi connectivity index (χ2n) is 8.80. The topological polar surface area (TPSA) is 89.6 Å². The van der Waals surface area contributed by atoms with Crippen LogP contribution >= 0.6 is 11.6 Å². The summed E-state index contributed by atoms with van der Waals surface area (Å²) in [5, 5.41) is 10.9. The molecule has 1 fully saturated rings. The first-order valence-electron chi connectivity index (χ1n) is 11.7. The SMILES string of the molecule is NN=NC(=O)CN1CCN(CC2=C(c3ccc(Cl)cc3)NC3C=CC(c4ccccc4)=CN23)CC1. The van der Waals surface area contributed by atoms with Crippen molar-refractivity contribution >= 4 is 28.8 Å². The molecule has 3 aliphatic heterocycles. The lowest BCUT2D eigenvalue weighted by Crippen LogP contribution is -2.49. The van der Waals surface area contributed by atoms with Gasteiger partial charge in [-0.1, -0.05) is 70.5 Å². The van der Waals surface area contributed by atoms with Gasteiger partial charge in [0.05, 0.1) is 17.9 Å². The molecule has 0 bridgehead atoms. The van der Waals surface area contributed by atoms with E-state index in [1.54, 1.807) is 0 Å². The van der Waals surface area contributed by atoms with E-state index in [9.17, 15) is 4.79 Å². The number of nitrogens with two attached hydrogens (primary N) is 1. The van der Waals surface area contributed by atoms with E-state index in [1.165, 1.54) is 16.8 Å². The van der Waals surface area contributed by atoms with Crippen molar-refractivity contribution in [3.63, 3.8) is 0 Å². The Hall–Kier alpha value is -3.46. The third kappa shape index (κ3) is 5.30. The van der Waals surface area contributed by atoms with Crippen molar-refractivity contribution in [2.75, 3.05) is 39.3 Å². The molecule has 3 N–H and O–H groups in total. The van der Waals surface area contributed by atoms with Gasteiger partial charge in [-0.05, 0) is 34.9 Å². The average molecular weight is 490 g/mol. The molecule has 0 radical (unpaired) electrons. The van der Waals surface area contributed by atoms with Gasteiger partial charge in [0.1, 0.15) is 6.17 Å². The van der Waals surface area contributed by atoms with Crippen LogP contribution in [0.4, 0.5) is 0 Å². The van der Waals surface area contributed by atoms with Crippen molar-refractivity contribution < 1.29 is 4.79 Å². The molecule has 0 aliphatic carbocycles. The monoisotopic (exact) mass is 489 g/mol. The van der Waals surface area contributed by atoms with Crippen molar-refractivity contribution in [2.24, 2.45) is 16.2 Å². The molecule has 3 aliphatic rings. The van der Waals surface area contributed by atoms with Crippen LogP contribution in [-0.4, -0.2) is 66.0 Å². The first-order valence-corrected chi connectivity index (χ1v) is 12.1. The van der Waals surface area contributed by atoms with Crippen LogP contribution in [0, 0.1) is 0 Å². The highest BCUT2D eigenvalue weighted by Crippen LogP contribution is 2.34. The summed E-state index contributed by atoms with van der Waals surface area (Å²) in [5.41, 5.74) is 5.81. The van der Waals surface area contributed by atoms with Crippen LogP contribution in [-0.2, 0) is 4.79 Å². The minimum atomic E-state index is -0.310. The van der Waals surface area contributed by atoms with E-state index in [-0.39, 0.29) is 18.6 Å². The Morgan fingerprint density at radius 3 is 2.43 bits per heavy atom. The van der Waals surface area contributed by atoms with E-state index in [4.69, 9.17) is 17.4 Å². The zero-order chi connectivity index (χ0) is 24.2. The lowest BCUT2D eigenvalue weighted by atomic mass is 10.0. The Bertz CT molecular complexity index is 1180. The van der Waals surface area contributed by atoms with Gasteiger partial charge in [0.25, 0.3) is 5.91 Å². The van der Waals surface area contributed by atoms with E-state index in [0.29, 0.717) is 0 Å². The molecule has 180 valence electrons. The first kappa shape index (κ1) is 23.3. The molecule has 8 nitrogen and oxygen atoms in total. The minimum Gasteiger partial charge on any atom is -0.360 e. The number of carbonyl (C=O) groups excluding carboxylic acids is 1. The zero-order valence-corrected chi connectivity index (χ0v) is 20.1. The summed E-state index contributed by atoms with van der Waals surface area (Å²) in [5.74, 6) is 4.69. The first-order chi connectivity index (χ1) is 17.1. The number of nitrogens with one attached hydrogen (secondary N) is 1. The van der Waals surface area contributed by atoms with E-state index < -0.39 is 0 Å². The van der Waals surface area contributed by atoms with Gasteiger partial charge in [0.15, 0.2) is 0 Å². The fourth-order valence-electron chi connectivity index (χ4n) is 4.72. The van der Waals surface area contributed by atoms with Gasteiger partial charge < -0.3 is 16.1 Å². The van der Waals surface area contributed by atoms with Gasteiger partial charge in [0.2, 0.25) is 0 Å². The fraction of sp³-hybridized carbons (Fsp3) is 0.269. The second kappa shape index (κ2) is 10.4. The number of rotatable bonds is 6. The predicted octanol–water partition coefficient (Wildman–Crippen LogP) is 3.32. The molecule has 0 aromatic heterocycles. The summed E-state index contributed by atoms with van der Waals surface area (Å²) in [4.78, 5) is 18.6. The lowest BCUT2D eigenvalue weighted by molar-refractivity contribution is -0.119. The standard InChI is InChI=1S/C26H28ClN7O/c27-22-9-6-20(7-10-22)26-23(17-32-12-14-33(15-13-32)18-25(35)30-31-28)34-16-21(8-11-24(34)29-26)19-4-2-1-3-5-19/h1-11,16,24,29H,12-15,17-18H2,(H2,28,30,35). The highest BCUT2D eigenvalue weighted by Gasteiger charge is 2.33. The molecule has 3 heterocycles. The lowest BCUT2D eigenvalue weighted by Gasteiger charge is -2.36. The zero-order valence-electron chi connectivity index (χ0n) is 19.3. The van der Waals surface area contributed by atoms with Crippen molar-refractivity contribution in [1.82, 2.24) is 20.0 Å². The van der Waals surface area contributed by atoms with Crippen molar-refractivity contribution in [3.8, 4) is 0 Å². The maximum absolute atomic E-state index is 11.8. The van der Waals surface area contributed by atoms with Crippen LogP contribution in [0.3, 0.4) is 0 Å². The van der Waals surface area contributed by atoms with Crippen LogP contribution in [0.25, 0.3) is 11.3 Å². The number of piperazine rings is 1. The van der Waals surface area contributed by atoms with Gasteiger partial charge in [-0.2, -0.15) is 0 Å². The summed E-state index contributed by atoms with van der Waals surface area (Å²) >= 11 is 6.16. The van der Waals surface area contributed by atoms with E-state index >= 15 is 0 Å². The van der Waals surface area contributed by atoms with Crippen LogP contribution in [0.15, 0.2) is 89.0 Å². The number of nitrogens with zero attached hydrogens (tertiary/aromatic N) is 5. The Labute approximate surface area is 210 Å². The van der Waals surface area contributed by atoms with Crippen molar-refractivity contribution in [1.29, 1.82) is 0 Å². The van der Waals surface area contributed by atoms with Gasteiger partial charge in [-0.25, -0.2) is 0 Å². The van der Waals surface area contributed by atoms with Crippen LogP contribution in [0.5, 0.6) is 0 Å². The molecular weight excluding hydrogens is 462 g/mol. The molecular formula is C26H28ClN7O. The number of allylic oxidation sites excluding steroid dienone is 2. The molecule has 5 rings (SSSR count). The number of hydrogen-bond acceptors (Lipinski definition) is 6. The van der Waals surface area contributed by atoms with Crippen LogP contribution in [0.2, 0.25) is 5.02 Å². The van der Waals surface area contributed by atoms with Crippen molar-refractivity contribution in [2.45, 2.75) is 6.17 Å². The largest absolute Gasteiger partial charge is 0.360 e. The van der Waals surface area contributed by atoms with Gasteiger partial charge in [0, 0.05) is 43.9 Å². The van der Waals surface area contributed by atoms with Crippen LogP contribution < -0.4 is 11.2 Å². The molecule has 1 atom stereocenters. The summed E-state index contributed by atoms with van der Waals surface area (Å²) < 4.78 is 0. The minimum absolute atomic E-state index is 0.0590. The molecule has 2 aromatic carbocycles. The Kier molecular flexibility index (Phi) is 6.94. The molecule has 1 saturated heterocycles. The van der Waals surface area contributed by atoms with Gasteiger partial charge in [-0.15, -0.1) is 0 Å². The molecule has 35 heavy (non-hydrogen) atoms. The Morgan fingerprint density at radius 1 is 1.00 bits per heavy atom. The number of benzene rings is 2. The highest BCUT2D eigenvalue weighted by molar-refractivity contribution is 6.30. The maximum Gasteiger partial charge on any atom is 0.280 e. The molecule has 1 amide bonds. The molecule has 1 unspecified atom stereocenters. The second-order valence-corrected chi connectivity index (χ2v) is 9.23. The number of fused-ring (bicyclic) bond motifs is 1. The number of carbonyl (C=O) groups is 1. The number of amides is 1. The highest BCUT2D eigenvalue weighted by atomic mass is 35.5. The predicted molar refractivity (Wildman–Crippen MR) is 138 cm³/mol. The number of halogens is 1. The molecule has 0 spiro atoms. The maximum atomic E-state index is 11.8. The van der Waals surface area contributed by atoms with Crippen LogP contribution in [0.1, 0.15) is 11.1 Å². The smallest absolute Gasteiger partial charge is 0.280 e. The fourth-order valence-corrected chi connectivity index (χ4v) is 4.84. The third-order valence-electron chi connectivity index (χ3n) is 6.53. The van der Waals surface area contributed by atoms with E-state index in [0.717, 1.165) is 49.0 Å². The Morgan fingerprint density at radius 2 is 1.71 bits per heavy atom. The third-order valence-corrected chi connectivity index (χ3v) is 6.79.